The number of aromatic nitrogens is 3. The summed E-state index contributed by atoms with van der Waals surface area (Å²) in [5, 5.41) is 11.1. The van der Waals surface area contributed by atoms with Gasteiger partial charge in [0, 0.05) is 67.1 Å². The molecule has 0 bridgehead atoms. The average molecular weight is 388 g/mol. The van der Waals surface area contributed by atoms with Crippen molar-refractivity contribution in [3.05, 3.63) is 60.2 Å². The van der Waals surface area contributed by atoms with E-state index >= 15 is 0 Å². The highest BCUT2D eigenvalue weighted by atomic mass is 16.5. The van der Waals surface area contributed by atoms with Gasteiger partial charge in [0.25, 0.3) is 0 Å². The fourth-order valence-electron chi connectivity index (χ4n) is 3.85. The van der Waals surface area contributed by atoms with Gasteiger partial charge in [0.15, 0.2) is 0 Å². The van der Waals surface area contributed by atoms with Gasteiger partial charge >= 0.3 is 0 Å². The number of pyridine rings is 1. The van der Waals surface area contributed by atoms with Crippen molar-refractivity contribution in [3.8, 4) is 11.1 Å². The molecule has 0 amide bonds. The number of morpholine rings is 1. The maximum absolute atomic E-state index is 5.44. The first-order chi connectivity index (χ1) is 14.3. The highest BCUT2D eigenvalue weighted by molar-refractivity contribution is 5.80. The Balaban J connectivity index is 1.42. The van der Waals surface area contributed by atoms with E-state index in [1.54, 1.807) is 0 Å². The van der Waals surface area contributed by atoms with Crippen molar-refractivity contribution < 1.29 is 4.74 Å². The molecule has 0 aliphatic carbocycles. The Morgan fingerprint density at radius 2 is 1.93 bits per heavy atom. The third kappa shape index (κ3) is 3.56. The number of anilines is 3. The highest BCUT2D eigenvalue weighted by Gasteiger charge is 2.17. The minimum atomic E-state index is 0.737. The molecule has 1 fully saturated rings. The van der Waals surface area contributed by atoms with Gasteiger partial charge in [-0.25, -0.2) is 4.98 Å². The van der Waals surface area contributed by atoms with Crippen molar-refractivity contribution in [2.24, 2.45) is 7.05 Å². The molecule has 7 heteroatoms. The van der Waals surface area contributed by atoms with Gasteiger partial charge in [-0.3, -0.25) is 4.68 Å². The molecule has 2 aliphatic heterocycles. The second-order valence-electron chi connectivity index (χ2n) is 7.30. The Kier molecular flexibility index (Phi) is 4.65. The Bertz CT molecular complexity index is 1030. The molecule has 7 nitrogen and oxygen atoms in total. The van der Waals surface area contributed by atoms with E-state index in [4.69, 9.17) is 9.72 Å². The van der Waals surface area contributed by atoms with Crippen LogP contribution in [0.15, 0.2) is 49.1 Å². The van der Waals surface area contributed by atoms with Crippen molar-refractivity contribution >= 4 is 23.3 Å². The molecule has 0 unspecified atom stereocenters. The van der Waals surface area contributed by atoms with E-state index in [0.717, 1.165) is 61.0 Å². The van der Waals surface area contributed by atoms with Crippen LogP contribution in [-0.2, 0) is 18.3 Å². The molecule has 1 aromatic carbocycles. The van der Waals surface area contributed by atoms with Crippen molar-refractivity contribution in [1.29, 1.82) is 0 Å². The van der Waals surface area contributed by atoms with Crippen LogP contribution in [-0.4, -0.2) is 41.1 Å². The molecule has 4 heterocycles. The van der Waals surface area contributed by atoms with E-state index in [1.807, 2.05) is 36.5 Å². The smallest absolute Gasteiger partial charge is 0.135 e. The van der Waals surface area contributed by atoms with Crippen LogP contribution in [0.1, 0.15) is 11.1 Å². The summed E-state index contributed by atoms with van der Waals surface area (Å²) in [6, 6.07) is 8.53. The summed E-state index contributed by atoms with van der Waals surface area (Å²) >= 11 is 0. The molecule has 0 saturated carbocycles. The Morgan fingerprint density at radius 1 is 1.10 bits per heavy atom. The molecule has 5 rings (SSSR count). The minimum absolute atomic E-state index is 0.737. The molecule has 1 saturated heterocycles. The lowest BCUT2D eigenvalue weighted by Crippen LogP contribution is -2.36. The molecule has 29 heavy (non-hydrogen) atoms. The van der Waals surface area contributed by atoms with Gasteiger partial charge in [-0.05, 0) is 42.1 Å². The van der Waals surface area contributed by atoms with Crippen molar-refractivity contribution in [3.63, 3.8) is 0 Å². The number of nitrogens with zero attached hydrogens (tertiary/aromatic N) is 4. The summed E-state index contributed by atoms with van der Waals surface area (Å²) < 4.78 is 7.25. The Labute approximate surface area is 170 Å². The summed E-state index contributed by atoms with van der Waals surface area (Å²) in [6.07, 6.45) is 9.92. The highest BCUT2D eigenvalue weighted by Crippen LogP contribution is 2.33. The first-order valence-corrected chi connectivity index (χ1v) is 9.88. The zero-order valence-corrected chi connectivity index (χ0v) is 16.4. The number of fused-ring (bicyclic) bond motifs is 1. The molecule has 2 aromatic heterocycles. The van der Waals surface area contributed by atoms with E-state index in [-0.39, 0.29) is 0 Å². The van der Waals surface area contributed by atoms with Crippen LogP contribution >= 0.6 is 0 Å². The molecule has 0 radical (unpaired) electrons. The minimum Gasteiger partial charge on any atom is -0.387 e. The lowest BCUT2D eigenvalue weighted by atomic mass is 9.97. The summed E-state index contributed by atoms with van der Waals surface area (Å²) in [4.78, 5) is 7.09. The monoisotopic (exact) mass is 388 g/mol. The molecular formula is C22H24N6O. The van der Waals surface area contributed by atoms with Gasteiger partial charge in [0.2, 0.25) is 0 Å². The maximum Gasteiger partial charge on any atom is 0.135 e. The molecule has 0 spiro atoms. The van der Waals surface area contributed by atoms with Gasteiger partial charge in [-0.1, -0.05) is 0 Å². The second kappa shape index (κ2) is 7.60. The van der Waals surface area contributed by atoms with Crippen LogP contribution in [0.2, 0.25) is 0 Å². The predicted molar refractivity (Wildman–Crippen MR) is 115 cm³/mol. The van der Waals surface area contributed by atoms with E-state index in [1.165, 1.54) is 11.3 Å². The number of benzene rings is 1. The largest absolute Gasteiger partial charge is 0.387 e. The number of ether oxygens (including phenoxy) is 1. The molecule has 0 atom stereocenters. The summed E-state index contributed by atoms with van der Waals surface area (Å²) in [6.45, 7) is 4.20. The Morgan fingerprint density at radius 3 is 2.69 bits per heavy atom. The maximum atomic E-state index is 5.44. The summed E-state index contributed by atoms with van der Waals surface area (Å²) in [7, 11) is 1.93. The fourth-order valence-corrected chi connectivity index (χ4v) is 3.85. The number of rotatable bonds is 4. The topological polar surface area (TPSA) is 67.2 Å². The average Bonchev–Trinajstić information content (AvgIpc) is 3.21. The first kappa shape index (κ1) is 17.8. The molecule has 3 aromatic rings. The van der Waals surface area contributed by atoms with Gasteiger partial charge in [-0.15, -0.1) is 0 Å². The lowest BCUT2D eigenvalue weighted by Gasteiger charge is -2.29. The number of nitrogens with one attached hydrogen (secondary N) is 2. The van der Waals surface area contributed by atoms with Crippen LogP contribution in [0.25, 0.3) is 17.2 Å². The van der Waals surface area contributed by atoms with Crippen LogP contribution in [0, 0.1) is 0 Å². The summed E-state index contributed by atoms with van der Waals surface area (Å²) in [5.41, 5.74) is 6.76. The normalized spacial score (nSPS) is 15.7. The predicted octanol–water partition coefficient (Wildman–Crippen LogP) is 3.14. The lowest BCUT2D eigenvalue weighted by molar-refractivity contribution is 0.122. The number of hydrogen-bond acceptors (Lipinski definition) is 6. The molecular weight excluding hydrogens is 364 g/mol. The van der Waals surface area contributed by atoms with Crippen LogP contribution in [0.4, 0.5) is 17.2 Å². The second-order valence-corrected chi connectivity index (χ2v) is 7.30. The van der Waals surface area contributed by atoms with Crippen molar-refractivity contribution in [1.82, 2.24) is 20.1 Å². The zero-order chi connectivity index (χ0) is 19.6. The van der Waals surface area contributed by atoms with E-state index in [2.05, 4.69) is 51.0 Å². The standard InChI is InChI=1S/C22H24N6O/c1-27-15-16(12-25-27)20-14-24-22(21-13-23-7-6-19(20)21)26-17-2-4-18(5-3-17)28-8-10-29-11-9-28/h2-7,12,14-15,23H,8-11,13H2,1H3,(H,24,26). The van der Waals surface area contributed by atoms with Crippen molar-refractivity contribution in [2.75, 3.05) is 36.5 Å². The van der Waals surface area contributed by atoms with Crippen LogP contribution < -0.4 is 15.5 Å². The fraction of sp³-hybridized carbons (Fsp3) is 0.273. The quantitative estimate of drug-likeness (QED) is 0.716. The van der Waals surface area contributed by atoms with Gasteiger partial charge in [-0.2, -0.15) is 5.10 Å². The Hall–Kier alpha value is -3.32. The molecule has 148 valence electrons. The third-order valence-corrected chi connectivity index (χ3v) is 5.39. The summed E-state index contributed by atoms with van der Waals surface area (Å²) in [5.74, 6) is 0.878. The first-order valence-electron chi connectivity index (χ1n) is 9.88. The van der Waals surface area contributed by atoms with E-state index in [0.29, 0.717) is 0 Å². The van der Waals surface area contributed by atoms with E-state index < -0.39 is 0 Å². The number of aryl methyl sites for hydroxylation is 1. The third-order valence-electron chi connectivity index (χ3n) is 5.39. The van der Waals surface area contributed by atoms with Crippen LogP contribution in [0.5, 0.6) is 0 Å². The van der Waals surface area contributed by atoms with E-state index in [9.17, 15) is 0 Å². The van der Waals surface area contributed by atoms with Gasteiger partial charge < -0.3 is 20.3 Å². The van der Waals surface area contributed by atoms with Gasteiger partial charge in [0.05, 0.1) is 19.4 Å². The molecule has 2 N–H and O–H groups in total. The number of hydrogen-bond donors (Lipinski definition) is 2. The molecule has 2 aliphatic rings. The zero-order valence-electron chi connectivity index (χ0n) is 16.4. The van der Waals surface area contributed by atoms with Gasteiger partial charge in [0.1, 0.15) is 5.82 Å². The van der Waals surface area contributed by atoms with Crippen LogP contribution in [0.3, 0.4) is 0 Å². The SMILES string of the molecule is Cn1cc(-c2cnc(Nc3ccc(N4CCOCC4)cc3)c3c2C=CNC3)cn1. The van der Waals surface area contributed by atoms with Crippen molar-refractivity contribution in [2.45, 2.75) is 6.54 Å².